The summed E-state index contributed by atoms with van der Waals surface area (Å²) in [6.07, 6.45) is 1.02. The quantitative estimate of drug-likeness (QED) is 0.675. The first kappa shape index (κ1) is 12.5. The van der Waals surface area contributed by atoms with Crippen molar-refractivity contribution < 1.29 is 4.92 Å². The van der Waals surface area contributed by atoms with Gasteiger partial charge in [-0.15, -0.1) is 0 Å². The van der Waals surface area contributed by atoms with Gasteiger partial charge < -0.3 is 5.32 Å². The summed E-state index contributed by atoms with van der Waals surface area (Å²) in [5.41, 5.74) is 0.598. The van der Waals surface area contributed by atoms with Crippen molar-refractivity contribution in [2.75, 3.05) is 11.1 Å². The molecule has 1 aromatic carbocycles. The van der Waals surface area contributed by atoms with Crippen LogP contribution in [0.25, 0.3) is 0 Å². The van der Waals surface area contributed by atoms with Crippen LogP contribution in [0.3, 0.4) is 0 Å². The minimum Gasteiger partial charge on any atom is -0.376 e. The Morgan fingerprint density at radius 3 is 2.94 bits per heavy atom. The van der Waals surface area contributed by atoms with Crippen LogP contribution in [0.1, 0.15) is 13.3 Å². The monoisotopic (exact) mass is 272 g/mol. The van der Waals surface area contributed by atoms with E-state index in [1.54, 1.807) is 6.07 Å². The largest absolute Gasteiger partial charge is 0.376 e. The van der Waals surface area contributed by atoms with Crippen LogP contribution < -0.4 is 5.32 Å². The van der Waals surface area contributed by atoms with E-state index >= 15 is 0 Å². The maximum atomic E-state index is 10.9. The normalized spacial score (nSPS) is 23.6. The van der Waals surface area contributed by atoms with E-state index in [9.17, 15) is 10.1 Å². The highest BCUT2D eigenvalue weighted by molar-refractivity contribution is 8.00. The lowest BCUT2D eigenvalue weighted by molar-refractivity contribution is -0.384. The number of nitrogens with one attached hydrogen (secondary N) is 1. The highest BCUT2D eigenvalue weighted by Crippen LogP contribution is 2.33. The zero-order valence-corrected chi connectivity index (χ0v) is 10.9. The number of nitrogens with zero attached hydrogens (tertiary/aromatic N) is 1. The molecule has 2 unspecified atom stereocenters. The minimum atomic E-state index is -0.384. The van der Waals surface area contributed by atoms with Crippen LogP contribution in [0.5, 0.6) is 0 Å². The fourth-order valence-corrected chi connectivity index (χ4v) is 3.27. The summed E-state index contributed by atoms with van der Waals surface area (Å²) in [6.45, 7) is 2.13. The van der Waals surface area contributed by atoms with E-state index in [1.807, 2.05) is 11.8 Å². The summed E-state index contributed by atoms with van der Waals surface area (Å²) >= 11 is 7.75. The Balaban J connectivity index is 2.24. The Labute approximate surface area is 109 Å². The van der Waals surface area contributed by atoms with Gasteiger partial charge in [0.25, 0.3) is 5.69 Å². The van der Waals surface area contributed by atoms with E-state index in [-0.39, 0.29) is 16.7 Å². The average Bonchev–Trinajstić information content (AvgIpc) is 2.64. The van der Waals surface area contributed by atoms with Gasteiger partial charge >= 0.3 is 0 Å². The molecule has 1 aliphatic rings. The molecule has 0 amide bonds. The molecule has 1 heterocycles. The van der Waals surface area contributed by atoms with Crippen molar-refractivity contribution in [1.82, 2.24) is 0 Å². The molecule has 17 heavy (non-hydrogen) atoms. The van der Waals surface area contributed by atoms with Crippen LogP contribution in [0, 0.1) is 10.1 Å². The molecule has 0 saturated carbocycles. The molecule has 0 radical (unpaired) electrons. The van der Waals surface area contributed by atoms with Crippen molar-refractivity contribution in [3.8, 4) is 0 Å². The number of halogens is 1. The van der Waals surface area contributed by atoms with E-state index in [1.165, 1.54) is 12.1 Å². The predicted octanol–water partition coefficient (Wildman–Crippen LogP) is 3.55. The summed E-state index contributed by atoms with van der Waals surface area (Å²) in [7, 11) is 0. The molecule has 0 bridgehead atoms. The Hall–Kier alpha value is -0.940. The third-order valence-electron chi connectivity index (χ3n) is 2.87. The van der Waals surface area contributed by atoms with E-state index in [2.05, 4.69) is 12.2 Å². The first-order valence-corrected chi connectivity index (χ1v) is 6.82. The highest BCUT2D eigenvalue weighted by atomic mass is 35.5. The molecule has 92 valence electrons. The number of rotatable bonds is 3. The molecule has 1 saturated heterocycles. The third-order valence-corrected chi connectivity index (χ3v) is 4.43. The topological polar surface area (TPSA) is 55.2 Å². The molecule has 1 N–H and O–H groups in total. The van der Waals surface area contributed by atoms with Gasteiger partial charge in [-0.25, -0.2) is 0 Å². The van der Waals surface area contributed by atoms with Crippen molar-refractivity contribution in [2.45, 2.75) is 24.6 Å². The van der Waals surface area contributed by atoms with Crippen LogP contribution in [0.4, 0.5) is 11.4 Å². The minimum absolute atomic E-state index is 0.0819. The van der Waals surface area contributed by atoms with Crippen molar-refractivity contribution in [2.24, 2.45) is 0 Å². The van der Waals surface area contributed by atoms with Gasteiger partial charge in [-0.1, -0.05) is 18.5 Å². The third kappa shape index (κ3) is 2.84. The molecule has 4 nitrogen and oxygen atoms in total. The second kappa shape index (κ2) is 5.14. The number of anilines is 1. The van der Waals surface area contributed by atoms with Crippen molar-refractivity contribution >= 4 is 34.7 Å². The van der Waals surface area contributed by atoms with Gasteiger partial charge in [-0.2, -0.15) is 11.8 Å². The molecule has 1 aromatic rings. The van der Waals surface area contributed by atoms with Crippen LogP contribution in [-0.4, -0.2) is 22.0 Å². The Bertz CT molecular complexity index is 441. The number of hydrogen-bond acceptors (Lipinski definition) is 4. The Kier molecular flexibility index (Phi) is 3.79. The van der Waals surface area contributed by atoms with Gasteiger partial charge in [-0.3, -0.25) is 10.1 Å². The molecule has 0 aliphatic carbocycles. The number of benzene rings is 1. The lowest BCUT2D eigenvalue weighted by atomic mass is 10.1. The standard InChI is InChI=1S/C11H13ClN2O2S/c1-7-9(4-5-17-7)13-10-6-8(12)2-3-11(10)14(15)16/h2-3,6-7,9,13H,4-5H2,1H3. The number of nitro benzene ring substituents is 1. The van der Waals surface area contributed by atoms with Gasteiger partial charge in [0.2, 0.25) is 0 Å². The van der Waals surface area contributed by atoms with Crippen molar-refractivity contribution in [3.05, 3.63) is 33.3 Å². The fourth-order valence-electron chi connectivity index (χ4n) is 1.90. The molecular weight excluding hydrogens is 260 g/mol. The van der Waals surface area contributed by atoms with E-state index in [0.717, 1.165) is 12.2 Å². The van der Waals surface area contributed by atoms with Crippen molar-refractivity contribution in [1.29, 1.82) is 0 Å². The lowest BCUT2D eigenvalue weighted by Crippen LogP contribution is -2.25. The molecular formula is C11H13ClN2O2S. The van der Waals surface area contributed by atoms with Crippen LogP contribution in [0.2, 0.25) is 5.02 Å². The summed E-state index contributed by atoms with van der Waals surface area (Å²) in [4.78, 5) is 10.5. The summed E-state index contributed by atoms with van der Waals surface area (Å²) in [5, 5.41) is 15.1. The van der Waals surface area contributed by atoms with Crippen molar-refractivity contribution in [3.63, 3.8) is 0 Å². The second-order valence-corrected chi connectivity index (χ2v) is 5.96. The molecule has 0 spiro atoms. The Morgan fingerprint density at radius 1 is 1.59 bits per heavy atom. The zero-order chi connectivity index (χ0) is 12.4. The molecule has 6 heteroatoms. The van der Waals surface area contributed by atoms with Crippen LogP contribution in [0.15, 0.2) is 18.2 Å². The Morgan fingerprint density at radius 2 is 2.35 bits per heavy atom. The molecule has 2 rings (SSSR count). The van der Waals surface area contributed by atoms with Crippen LogP contribution in [-0.2, 0) is 0 Å². The van der Waals surface area contributed by atoms with E-state index < -0.39 is 0 Å². The molecule has 0 aromatic heterocycles. The van der Waals surface area contributed by atoms with E-state index in [4.69, 9.17) is 11.6 Å². The zero-order valence-electron chi connectivity index (χ0n) is 9.35. The van der Waals surface area contributed by atoms with E-state index in [0.29, 0.717) is 16.0 Å². The number of nitro groups is 1. The average molecular weight is 273 g/mol. The highest BCUT2D eigenvalue weighted by Gasteiger charge is 2.26. The maximum absolute atomic E-state index is 10.9. The van der Waals surface area contributed by atoms with Gasteiger partial charge in [0.1, 0.15) is 5.69 Å². The summed E-state index contributed by atoms with van der Waals surface area (Å²) in [5.74, 6) is 1.09. The van der Waals surface area contributed by atoms with Gasteiger partial charge in [0, 0.05) is 22.4 Å². The first-order valence-electron chi connectivity index (χ1n) is 5.40. The van der Waals surface area contributed by atoms with Gasteiger partial charge in [0.15, 0.2) is 0 Å². The fraction of sp³-hybridized carbons (Fsp3) is 0.455. The SMILES string of the molecule is CC1SCCC1Nc1cc(Cl)ccc1[N+](=O)[O-]. The number of hydrogen-bond donors (Lipinski definition) is 1. The lowest BCUT2D eigenvalue weighted by Gasteiger charge is -2.17. The smallest absolute Gasteiger partial charge is 0.292 e. The predicted molar refractivity (Wildman–Crippen MR) is 72.1 cm³/mol. The first-order chi connectivity index (χ1) is 8.08. The van der Waals surface area contributed by atoms with Gasteiger partial charge in [-0.05, 0) is 24.3 Å². The second-order valence-electron chi connectivity index (χ2n) is 4.03. The van der Waals surface area contributed by atoms with Gasteiger partial charge in [0.05, 0.1) is 4.92 Å². The van der Waals surface area contributed by atoms with Crippen LogP contribution >= 0.6 is 23.4 Å². The number of thioether (sulfide) groups is 1. The molecule has 2 atom stereocenters. The summed E-state index contributed by atoms with van der Waals surface area (Å²) < 4.78 is 0. The molecule has 1 aliphatic heterocycles. The maximum Gasteiger partial charge on any atom is 0.292 e. The summed E-state index contributed by atoms with van der Waals surface area (Å²) in [6, 6.07) is 4.88. The molecule has 1 fully saturated rings.